The summed E-state index contributed by atoms with van der Waals surface area (Å²) in [5, 5.41) is 21.9. The van der Waals surface area contributed by atoms with Crippen molar-refractivity contribution in [3.63, 3.8) is 0 Å². The van der Waals surface area contributed by atoms with Gasteiger partial charge in [0, 0.05) is 33.9 Å². The standard InChI is InChI=1S/C13H10BrN3O2S/c1-16(7-12-5-10(14)8-20-12)13-3-2-11(17(18)19)4-9(13)6-15/h2-5,8H,7H2,1H3. The summed E-state index contributed by atoms with van der Waals surface area (Å²) in [6, 6.07) is 8.35. The molecular weight excluding hydrogens is 342 g/mol. The van der Waals surface area contributed by atoms with Crippen molar-refractivity contribution < 1.29 is 4.92 Å². The number of benzene rings is 1. The van der Waals surface area contributed by atoms with E-state index in [9.17, 15) is 10.1 Å². The Morgan fingerprint density at radius 2 is 2.25 bits per heavy atom. The first-order valence-corrected chi connectivity index (χ1v) is 7.31. The molecule has 0 atom stereocenters. The number of hydrogen-bond donors (Lipinski definition) is 0. The van der Waals surface area contributed by atoms with Crippen LogP contribution in [0, 0.1) is 21.4 Å². The molecule has 0 fully saturated rings. The lowest BCUT2D eigenvalue weighted by Gasteiger charge is -2.19. The van der Waals surface area contributed by atoms with Crippen LogP contribution in [0.5, 0.6) is 0 Å². The molecule has 0 aliphatic carbocycles. The lowest BCUT2D eigenvalue weighted by Crippen LogP contribution is -2.16. The van der Waals surface area contributed by atoms with Crippen LogP contribution in [-0.2, 0) is 6.54 Å². The van der Waals surface area contributed by atoms with E-state index in [0.29, 0.717) is 17.8 Å². The summed E-state index contributed by atoms with van der Waals surface area (Å²) in [5.41, 5.74) is 0.914. The number of nitrogens with zero attached hydrogens (tertiary/aromatic N) is 3. The van der Waals surface area contributed by atoms with Gasteiger partial charge in [0.15, 0.2) is 0 Å². The molecule has 2 rings (SSSR count). The van der Waals surface area contributed by atoms with Crippen molar-refractivity contribution in [2.45, 2.75) is 6.54 Å². The first kappa shape index (κ1) is 14.5. The summed E-state index contributed by atoms with van der Waals surface area (Å²) in [6.07, 6.45) is 0. The zero-order valence-corrected chi connectivity index (χ0v) is 12.9. The lowest BCUT2D eigenvalue weighted by atomic mass is 10.1. The third kappa shape index (κ3) is 3.15. The highest BCUT2D eigenvalue weighted by Crippen LogP contribution is 2.27. The number of thiophene rings is 1. The van der Waals surface area contributed by atoms with E-state index in [-0.39, 0.29) is 5.69 Å². The SMILES string of the molecule is CN(Cc1cc(Br)cs1)c1ccc([N+](=O)[O-])cc1C#N. The van der Waals surface area contributed by atoms with Gasteiger partial charge in [0.2, 0.25) is 0 Å². The monoisotopic (exact) mass is 351 g/mol. The minimum atomic E-state index is -0.499. The minimum Gasteiger partial charge on any atom is -0.368 e. The van der Waals surface area contributed by atoms with E-state index in [2.05, 4.69) is 15.9 Å². The molecule has 1 aromatic heterocycles. The Morgan fingerprint density at radius 1 is 1.50 bits per heavy atom. The van der Waals surface area contributed by atoms with Gasteiger partial charge in [-0.2, -0.15) is 5.26 Å². The summed E-state index contributed by atoms with van der Waals surface area (Å²) >= 11 is 5.01. The zero-order valence-electron chi connectivity index (χ0n) is 10.5. The molecule has 1 heterocycles. The molecule has 0 saturated carbocycles. The molecule has 0 spiro atoms. The summed E-state index contributed by atoms with van der Waals surface area (Å²) in [5.74, 6) is 0. The molecule has 0 aliphatic rings. The average molecular weight is 352 g/mol. The van der Waals surface area contributed by atoms with Gasteiger partial charge in [-0.15, -0.1) is 11.3 Å². The van der Waals surface area contributed by atoms with Gasteiger partial charge in [-0.1, -0.05) is 0 Å². The first-order chi connectivity index (χ1) is 9.51. The maximum absolute atomic E-state index is 10.7. The molecule has 20 heavy (non-hydrogen) atoms. The predicted octanol–water partition coefficient (Wildman–Crippen LogP) is 3.93. The fourth-order valence-corrected chi connectivity index (χ4v) is 3.32. The maximum atomic E-state index is 10.7. The van der Waals surface area contributed by atoms with E-state index in [1.165, 1.54) is 12.1 Å². The average Bonchev–Trinajstić information content (AvgIpc) is 2.83. The van der Waals surface area contributed by atoms with Gasteiger partial charge in [0.25, 0.3) is 5.69 Å². The third-order valence-corrected chi connectivity index (χ3v) is 4.42. The summed E-state index contributed by atoms with van der Waals surface area (Å²) in [4.78, 5) is 13.3. The van der Waals surface area contributed by atoms with Crippen LogP contribution >= 0.6 is 27.3 Å². The molecule has 0 N–H and O–H groups in total. The molecule has 0 aliphatic heterocycles. The van der Waals surface area contributed by atoms with Crippen LogP contribution in [0.15, 0.2) is 34.1 Å². The van der Waals surface area contributed by atoms with E-state index in [4.69, 9.17) is 5.26 Å². The highest BCUT2D eigenvalue weighted by atomic mass is 79.9. The number of nitriles is 1. The van der Waals surface area contributed by atoms with E-state index in [1.807, 2.05) is 29.5 Å². The molecule has 0 radical (unpaired) electrons. The summed E-state index contributed by atoms with van der Waals surface area (Å²) < 4.78 is 1.02. The van der Waals surface area contributed by atoms with Gasteiger partial charge in [0.05, 0.1) is 22.7 Å². The molecule has 5 nitrogen and oxygen atoms in total. The van der Waals surface area contributed by atoms with Gasteiger partial charge in [-0.25, -0.2) is 0 Å². The van der Waals surface area contributed by atoms with Gasteiger partial charge < -0.3 is 4.90 Å². The molecule has 2 aromatic rings. The van der Waals surface area contributed by atoms with Crippen LogP contribution in [0.1, 0.15) is 10.4 Å². The molecule has 7 heteroatoms. The zero-order chi connectivity index (χ0) is 14.7. The highest BCUT2D eigenvalue weighted by Gasteiger charge is 2.14. The Morgan fingerprint density at radius 3 is 2.80 bits per heavy atom. The molecule has 0 bridgehead atoms. The van der Waals surface area contributed by atoms with Gasteiger partial charge in [0.1, 0.15) is 6.07 Å². The Kier molecular flexibility index (Phi) is 4.37. The van der Waals surface area contributed by atoms with Crippen molar-refractivity contribution in [2.24, 2.45) is 0 Å². The van der Waals surface area contributed by atoms with Crippen molar-refractivity contribution >= 4 is 38.6 Å². The second-order valence-corrected chi connectivity index (χ2v) is 6.07. The first-order valence-electron chi connectivity index (χ1n) is 5.64. The van der Waals surface area contributed by atoms with Crippen LogP contribution in [0.25, 0.3) is 0 Å². The van der Waals surface area contributed by atoms with Crippen LogP contribution in [0.2, 0.25) is 0 Å². The van der Waals surface area contributed by atoms with Crippen molar-refractivity contribution in [1.29, 1.82) is 5.26 Å². The molecular formula is C13H10BrN3O2S. The predicted molar refractivity (Wildman–Crippen MR) is 81.9 cm³/mol. The van der Waals surface area contributed by atoms with Crippen LogP contribution in [-0.4, -0.2) is 12.0 Å². The third-order valence-electron chi connectivity index (χ3n) is 2.74. The van der Waals surface area contributed by atoms with Gasteiger partial charge in [-0.3, -0.25) is 10.1 Å². The van der Waals surface area contributed by atoms with Gasteiger partial charge >= 0.3 is 0 Å². The van der Waals surface area contributed by atoms with E-state index in [1.54, 1.807) is 17.4 Å². The second-order valence-electron chi connectivity index (χ2n) is 4.16. The Bertz CT molecular complexity index is 693. The van der Waals surface area contributed by atoms with Gasteiger partial charge in [-0.05, 0) is 28.1 Å². The quantitative estimate of drug-likeness (QED) is 0.618. The van der Waals surface area contributed by atoms with Crippen molar-refractivity contribution in [3.05, 3.63) is 54.7 Å². The fourth-order valence-electron chi connectivity index (χ4n) is 1.82. The topological polar surface area (TPSA) is 70.2 Å². The minimum absolute atomic E-state index is 0.0717. The molecule has 1 aromatic carbocycles. The largest absolute Gasteiger partial charge is 0.368 e. The number of non-ortho nitro benzene ring substituents is 1. The number of nitro groups is 1. The van der Waals surface area contributed by atoms with Crippen molar-refractivity contribution in [2.75, 3.05) is 11.9 Å². The van der Waals surface area contributed by atoms with Crippen LogP contribution < -0.4 is 4.90 Å². The molecule has 0 saturated heterocycles. The van der Waals surface area contributed by atoms with Crippen molar-refractivity contribution in [1.82, 2.24) is 0 Å². The number of anilines is 1. The van der Waals surface area contributed by atoms with Crippen molar-refractivity contribution in [3.8, 4) is 6.07 Å². The second kappa shape index (κ2) is 6.03. The smallest absolute Gasteiger partial charge is 0.270 e. The summed E-state index contributed by atoms with van der Waals surface area (Å²) in [7, 11) is 1.86. The normalized spacial score (nSPS) is 10.1. The van der Waals surface area contributed by atoms with E-state index >= 15 is 0 Å². The summed E-state index contributed by atoms with van der Waals surface area (Å²) in [6.45, 7) is 0.642. The highest BCUT2D eigenvalue weighted by molar-refractivity contribution is 9.10. The fraction of sp³-hybridized carbons (Fsp3) is 0.154. The Labute approximate surface area is 128 Å². The number of rotatable bonds is 4. The molecule has 0 unspecified atom stereocenters. The maximum Gasteiger partial charge on any atom is 0.270 e. The number of nitro benzene ring substituents is 1. The van der Waals surface area contributed by atoms with E-state index in [0.717, 1.165) is 9.35 Å². The van der Waals surface area contributed by atoms with Crippen LogP contribution in [0.4, 0.5) is 11.4 Å². The Hall–Kier alpha value is -1.91. The molecule has 102 valence electrons. The number of hydrogen-bond acceptors (Lipinski definition) is 5. The van der Waals surface area contributed by atoms with E-state index < -0.39 is 4.92 Å². The number of halogens is 1. The van der Waals surface area contributed by atoms with Crippen LogP contribution in [0.3, 0.4) is 0 Å². The lowest BCUT2D eigenvalue weighted by molar-refractivity contribution is -0.384. The molecule has 0 amide bonds. The Balaban J connectivity index is 2.27.